The van der Waals surface area contributed by atoms with Gasteiger partial charge in [0.2, 0.25) is 0 Å². The quantitative estimate of drug-likeness (QED) is 0.660. The Morgan fingerprint density at radius 3 is 2.41 bits per heavy atom. The van der Waals surface area contributed by atoms with E-state index in [0.29, 0.717) is 0 Å². The normalized spacial score (nSPS) is 14.9. The molecule has 1 nitrogen and oxygen atoms in total. The number of nitriles is 1. The highest BCUT2D eigenvalue weighted by Crippen LogP contribution is 2.49. The second-order valence-electron chi connectivity index (χ2n) is 5.01. The Bertz CT molecular complexity index is 645. The zero-order valence-corrected chi connectivity index (χ0v) is 9.99. The van der Waals surface area contributed by atoms with E-state index < -0.39 is 0 Å². The minimum Gasteiger partial charge on any atom is -0.192 e. The van der Waals surface area contributed by atoms with Crippen LogP contribution in [0.1, 0.15) is 30.5 Å². The molecular weight excluding hydrogens is 206 g/mol. The molecule has 0 atom stereocenters. The van der Waals surface area contributed by atoms with Crippen LogP contribution in [-0.4, -0.2) is 0 Å². The minimum atomic E-state index is -0.00120. The van der Waals surface area contributed by atoms with Gasteiger partial charge in [0.15, 0.2) is 0 Å². The molecule has 0 radical (unpaired) electrons. The summed E-state index contributed by atoms with van der Waals surface area (Å²) in [7, 11) is 0. The molecule has 0 saturated heterocycles. The molecule has 1 heteroatoms. The molecule has 17 heavy (non-hydrogen) atoms. The van der Waals surface area contributed by atoms with Crippen LogP contribution in [0, 0.1) is 11.3 Å². The third-order valence-corrected chi connectivity index (χ3v) is 3.73. The maximum absolute atomic E-state index is 9.25. The van der Waals surface area contributed by atoms with Gasteiger partial charge in [-0.05, 0) is 22.8 Å². The molecule has 0 saturated carbocycles. The molecule has 1 aliphatic carbocycles. The van der Waals surface area contributed by atoms with Gasteiger partial charge in [-0.3, -0.25) is 0 Å². The summed E-state index contributed by atoms with van der Waals surface area (Å²) in [5, 5.41) is 9.25. The molecule has 1 aliphatic rings. The van der Waals surface area contributed by atoms with Gasteiger partial charge in [0.1, 0.15) is 0 Å². The summed E-state index contributed by atoms with van der Waals surface area (Å²) in [6, 6.07) is 16.7. The van der Waals surface area contributed by atoms with Crippen molar-refractivity contribution < 1.29 is 0 Å². The predicted octanol–water partition coefficient (Wildman–Crippen LogP) is 3.86. The minimum absolute atomic E-state index is 0.00120. The summed E-state index contributed by atoms with van der Waals surface area (Å²) in [5.41, 5.74) is 5.69. The lowest BCUT2D eigenvalue weighted by Crippen LogP contribution is -2.14. The Kier molecular flexibility index (Phi) is 1.91. The molecule has 0 heterocycles. The van der Waals surface area contributed by atoms with Gasteiger partial charge in [0, 0.05) is 11.0 Å². The van der Waals surface area contributed by atoms with Crippen LogP contribution in [0.5, 0.6) is 0 Å². The highest BCUT2D eigenvalue weighted by atomic mass is 14.4. The van der Waals surface area contributed by atoms with Crippen LogP contribution in [-0.2, 0) is 5.41 Å². The molecule has 0 bridgehead atoms. The third-order valence-electron chi connectivity index (χ3n) is 3.73. The van der Waals surface area contributed by atoms with Gasteiger partial charge in [-0.2, -0.15) is 5.26 Å². The van der Waals surface area contributed by atoms with E-state index in [1.165, 1.54) is 16.7 Å². The molecule has 0 spiro atoms. The third kappa shape index (κ3) is 1.18. The summed E-state index contributed by atoms with van der Waals surface area (Å²) >= 11 is 0. The van der Waals surface area contributed by atoms with Crippen LogP contribution in [0.3, 0.4) is 0 Å². The van der Waals surface area contributed by atoms with E-state index in [1.54, 1.807) is 0 Å². The number of nitrogens with zero attached hydrogens (tertiary/aromatic N) is 1. The highest BCUT2D eigenvalue weighted by Gasteiger charge is 2.36. The first-order valence-electron chi connectivity index (χ1n) is 5.79. The first kappa shape index (κ1) is 10.1. The van der Waals surface area contributed by atoms with Crippen LogP contribution < -0.4 is 0 Å². The zero-order valence-electron chi connectivity index (χ0n) is 9.99. The number of hydrogen-bond acceptors (Lipinski definition) is 1. The van der Waals surface area contributed by atoms with Gasteiger partial charge in [0.05, 0.1) is 11.6 Å². The summed E-state index contributed by atoms with van der Waals surface area (Å²) in [4.78, 5) is 0. The topological polar surface area (TPSA) is 23.8 Å². The fourth-order valence-corrected chi connectivity index (χ4v) is 2.85. The van der Waals surface area contributed by atoms with E-state index in [1.807, 2.05) is 18.2 Å². The smallest absolute Gasteiger partial charge is 0.0998 e. The molecule has 82 valence electrons. The SMILES string of the molecule is CC1(C)c2ccccc2-c2c(C#N)cccc21. The average Bonchev–Trinajstić information content (AvgIpc) is 2.60. The molecule has 2 aromatic rings. The Balaban J connectivity index is 2.46. The largest absolute Gasteiger partial charge is 0.192 e. The number of hydrogen-bond donors (Lipinski definition) is 0. The van der Waals surface area contributed by atoms with Crippen LogP contribution in [0.15, 0.2) is 42.5 Å². The molecule has 3 rings (SSSR count). The van der Waals surface area contributed by atoms with Gasteiger partial charge in [-0.1, -0.05) is 50.2 Å². The van der Waals surface area contributed by atoms with Crippen molar-refractivity contribution >= 4 is 0 Å². The number of fused-ring (bicyclic) bond motifs is 3. The first-order chi connectivity index (χ1) is 8.16. The molecule has 0 N–H and O–H groups in total. The van der Waals surface area contributed by atoms with Gasteiger partial charge >= 0.3 is 0 Å². The van der Waals surface area contributed by atoms with Gasteiger partial charge < -0.3 is 0 Å². The molecular formula is C16H13N. The summed E-state index contributed by atoms with van der Waals surface area (Å²) in [6.45, 7) is 4.44. The van der Waals surface area contributed by atoms with Crippen molar-refractivity contribution in [3.63, 3.8) is 0 Å². The van der Waals surface area contributed by atoms with Crippen LogP contribution in [0.2, 0.25) is 0 Å². The molecule has 2 aromatic carbocycles. The monoisotopic (exact) mass is 219 g/mol. The molecule has 0 amide bonds. The Morgan fingerprint density at radius 2 is 1.65 bits per heavy atom. The second kappa shape index (κ2) is 3.21. The lowest BCUT2D eigenvalue weighted by Gasteiger charge is -2.21. The summed E-state index contributed by atoms with van der Waals surface area (Å²) in [5.74, 6) is 0. The van der Waals surface area contributed by atoms with E-state index in [4.69, 9.17) is 0 Å². The maximum atomic E-state index is 9.25. The van der Waals surface area contributed by atoms with Gasteiger partial charge in [0.25, 0.3) is 0 Å². The standard InChI is InChI=1S/C16H13N/c1-16(2)13-8-4-3-7-12(13)15-11(10-17)6-5-9-14(15)16/h3-9H,1-2H3. The van der Waals surface area contributed by atoms with Crippen molar-refractivity contribution in [1.82, 2.24) is 0 Å². The molecule has 0 aromatic heterocycles. The fraction of sp³-hybridized carbons (Fsp3) is 0.188. The van der Waals surface area contributed by atoms with Crippen molar-refractivity contribution in [2.45, 2.75) is 19.3 Å². The van der Waals surface area contributed by atoms with Crippen molar-refractivity contribution in [3.8, 4) is 17.2 Å². The van der Waals surface area contributed by atoms with Crippen LogP contribution in [0.25, 0.3) is 11.1 Å². The van der Waals surface area contributed by atoms with Crippen LogP contribution in [0.4, 0.5) is 0 Å². The average molecular weight is 219 g/mol. The highest BCUT2D eigenvalue weighted by molar-refractivity contribution is 5.84. The Hall–Kier alpha value is -2.07. The van der Waals surface area contributed by atoms with E-state index in [0.717, 1.165) is 11.1 Å². The summed E-state index contributed by atoms with van der Waals surface area (Å²) < 4.78 is 0. The number of rotatable bonds is 0. The van der Waals surface area contributed by atoms with E-state index in [9.17, 15) is 5.26 Å². The predicted molar refractivity (Wildman–Crippen MR) is 68.7 cm³/mol. The Morgan fingerprint density at radius 1 is 0.941 bits per heavy atom. The first-order valence-corrected chi connectivity index (χ1v) is 5.79. The van der Waals surface area contributed by atoms with E-state index in [-0.39, 0.29) is 5.41 Å². The molecule has 0 fully saturated rings. The lowest BCUT2D eigenvalue weighted by molar-refractivity contribution is 0.660. The number of benzene rings is 2. The zero-order chi connectivity index (χ0) is 12.0. The molecule has 0 aliphatic heterocycles. The van der Waals surface area contributed by atoms with Crippen molar-refractivity contribution in [2.75, 3.05) is 0 Å². The summed E-state index contributed by atoms with van der Waals surface area (Å²) in [6.07, 6.45) is 0. The van der Waals surface area contributed by atoms with Crippen molar-refractivity contribution in [3.05, 3.63) is 59.2 Å². The fourth-order valence-electron chi connectivity index (χ4n) is 2.85. The van der Waals surface area contributed by atoms with Crippen molar-refractivity contribution in [1.29, 1.82) is 5.26 Å². The lowest BCUT2D eigenvalue weighted by atomic mass is 9.82. The van der Waals surface area contributed by atoms with Crippen molar-refractivity contribution in [2.24, 2.45) is 0 Å². The second-order valence-corrected chi connectivity index (χ2v) is 5.01. The maximum Gasteiger partial charge on any atom is 0.0998 e. The molecule has 0 unspecified atom stereocenters. The van der Waals surface area contributed by atoms with Crippen LogP contribution >= 0.6 is 0 Å². The van der Waals surface area contributed by atoms with Gasteiger partial charge in [-0.15, -0.1) is 0 Å². The van der Waals surface area contributed by atoms with E-state index >= 15 is 0 Å². The van der Waals surface area contributed by atoms with E-state index in [2.05, 4.69) is 44.2 Å². The Labute approximate surface area is 101 Å². The van der Waals surface area contributed by atoms with Gasteiger partial charge in [-0.25, -0.2) is 0 Å².